The molecule has 2 atom stereocenters. The highest BCUT2D eigenvalue weighted by molar-refractivity contribution is 6.20. The van der Waals surface area contributed by atoms with E-state index in [0.29, 0.717) is 11.1 Å². The number of rotatable bonds is 1. The van der Waals surface area contributed by atoms with E-state index in [9.17, 15) is 8.78 Å². The van der Waals surface area contributed by atoms with Crippen LogP contribution < -0.4 is 0 Å². The predicted octanol–water partition coefficient (Wildman–Crippen LogP) is 4.15. The van der Waals surface area contributed by atoms with Gasteiger partial charge in [-0.1, -0.05) is 12.1 Å². The van der Waals surface area contributed by atoms with Gasteiger partial charge in [-0.05, 0) is 43.2 Å². The van der Waals surface area contributed by atoms with Gasteiger partial charge in [-0.15, -0.1) is 11.6 Å². The van der Waals surface area contributed by atoms with Gasteiger partial charge in [-0.25, -0.2) is 8.78 Å². The zero-order valence-corrected chi connectivity index (χ0v) is 9.32. The van der Waals surface area contributed by atoms with Crippen LogP contribution in [0.25, 0.3) is 0 Å². The topological polar surface area (TPSA) is 0 Å². The summed E-state index contributed by atoms with van der Waals surface area (Å²) >= 11 is 5.96. The van der Waals surface area contributed by atoms with Crippen molar-refractivity contribution in [3.8, 4) is 0 Å². The lowest BCUT2D eigenvalue weighted by Crippen LogP contribution is -2.02. The third kappa shape index (κ3) is 2.00. The Hall–Kier alpha value is -0.630. The molecular formula is C12H13ClF2. The van der Waals surface area contributed by atoms with Gasteiger partial charge in [0.15, 0.2) is 11.6 Å². The first-order chi connectivity index (χ1) is 7.09. The molecular weight excluding hydrogens is 218 g/mol. The molecule has 1 fully saturated rings. The van der Waals surface area contributed by atoms with E-state index in [1.165, 1.54) is 0 Å². The quantitative estimate of drug-likeness (QED) is 0.636. The SMILES string of the molecule is Cc1ccc(C2CCC(Cl)C2)c(F)c1F. The molecule has 1 aromatic rings. The summed E-state index contributed by atoms with van der Waals surface area (Å²) in [4.78, 5) is 0. The smallest absolute Gasteiger partial charge is 0.162 e. The van der Waals surface area contributed by atoms with Crippen molar-refractivity contribution in [2.24, 2.45) is 0 Å². The van der Waals surface area contributed by atoms with Crippen molar-refractivity contribution < 1.29 is 8.78 Å². The van der Waals surface area contributed by atoms with Gasteiger partial charge in [0.2, 0.25) is 0 Å². The second-order valence-electron chi connectivity index (χ2n) is 4.21. The van der Waals surface area contributed by atoms with E-state index in [-0.39, 0.29) is 11.3 Å². The van der Waals surface area contributed by atoms with Crippen molar-refractivity contribution in [1.82, 2.24) is 0 Å². The maximum Gasteiger partial charge on any atom is 0.162 e. The lowest BCUT2D eigenvalue weighted by molar-refractivity contribution is 0.483. The fraction of sp³-hybridized carbons (Fsp3) is 0.500. The average Bonchev–Trinajstić information content (AvgIpc) is 2.61. The van der Waals surface area contributed by atoms with Crippen LogP contribution >= 0.6 is 11.6 Å². The molecule has 82 valence electrons. The molecule has 15 heavy (non-hydrogen) atoms. The molecule has 1 aliphatic carbocycles. The number of hydrogen-bond acceptors (Lipinski definition) is 0. The summed E-state index contributed by atoms with van der Waals surface area (Å²) in [5.74, 6) is -1.32. The normalized spacial score (nSPS) is 25.9. The second kappa shape index (κ2) is 4.09. The Bertz CT molecular complexity index is 376. The monoisotopic (exact) mass is 230 g/mol. The molecule has 0 aromatic heterocycles. The fourth-order valence-electron chi connectivity index (χ4n) is 2.19. The highest BCUT2D eigenvalue weighted by atomic mass is 35.5. The van der Waals surface area contributed by atoms with E-state index < -0.39 is 11.6 Å². The molecule has 1 aliphatic rings. The van der Waals surface area contributed by atoms with Gasteiger partial charge in [0, 0.05) is 5.38 Å². The van der Waals surface area contributed by atoms with E-state index in [4.69, 9.17) is 11.6 Å². The van der Waals surface area contributed by atoms with Crippen LogP contribution in [0.4, 0.5) is 8.78 Å². The van der Waals surface area contributed by atoms with Crippen LogP contribution in [0.3, 0.4) is 0 Å². The van der Waals surface area contributed by atoms with Crippen LogP contribution in [0.2, 0.25) is 0 Å². The van der Waals surface area contributed by atoms with E-state index in [1.54, 1.807) is 19.1 Å². The zero-order valence-electron chi connectivity index (χ0n) is 8.56. The van der Waals surface area contributed by atoms with Gasteiger partial charge >= 0.3 is 0 Å². The Morgan fingerprint density at radius 1 is 1.20 bits per heavy atom. The molecule has 0 nitrogen and oxygen atoms in total. The van der Waals surface area contributed by atoms with E-state index in [1.807, 2.05) is 0 Å². The Labute approximate surface area is 93.2 Å². The molecule has 0 amide bonds. The maximum absolute atomic E-state index is 13.6. The van der Waals surface area contributed by atoms with Gasteiger partial charge in [-0.3, -0.25) is 0 Å². The highest BCUT2D eigenvalue weighted by Gasteiger charge is 2.27. The van der Waals surface area contributed by atoms with E-state index in [0.717, 1.165) is 19.3 Å². The third-order valence-corrected chi connectivity index (χ3v) is 3.51. The van der Waals surface area contributed by atoms with Gasteiger partial charge in [0.05, 0.1) is 0 Å². The van der Waals surface area contributed by atoms with Crippen LogP contribution in [-0.2, 0) is 0 Å². The lowest BCUT2D eigenvalue weighted by Gasteiger charge is -2.12. The first kappa shape index (κ1) is 10.9. The van der Waals surface area contributed by atoms with Gasteiger partial charge in [0.1, 0.15) is 0 Å². The van der Waals surface area contributed by atoms with Crippen LogP contribution in [0.5, 0.6) is 0 Å². The molecule has 0 radical (unpaired) electrons. The summed E-state index contributed by atoms with van der Waals surface area (Å²) in [5, 5.41) is 0.110. The Morgan fingerprint density at radius 2 is 1.93 bits per heavy atom. The van der Waals surface area contributed by atoms with Crippen molar-refractivity contribution in [2.75, 3.05) is 0 Å². The first-order valence-electron chi connectivity index (χ1n) is 5.18. The molecule has 3 heteroatoms. The van der Waals surface area contributed by atoms with Gasteiger partial charge < -0.3 is 0 Å². The number of halogens is 3. The van der Waals surface area contributed by atoms with Crippen molar-refractivity contribution >= 4 is 11.6 Å². The predicted molar refractivity (Wildman–Crippen MR) is 57.3 cm³/mol. The minimum Gasteiger partial charge on any atom is -0.203 e. The van der Waals surface area contributed by atoms with Crippen LogP contribution in [0.15, 0.2) is 12.1 Å². The minimum atomic E-state index is -0.717. The summed E-state index contributed by atoms with van der Waals surface area (Å²) in [7, 11) is 0. The summed E-state index contributed by atoms with van der Waals surface area (Å²) < 4.78 is 27.0. The van der Waals surface area contributed by atoms with E-state index >= 15 is 0 Å². The summed E-state index contributed by atoms with van der Waals surface area (Å²) in [5.41, 5.74) is 0.845. The fourth-order valence-corrected chi connectivity index (χ4v) is 2.53. The minimum absolute atomic E-state index is 0.0857. The van der Waals surface area contributed by atoms with E-state index in [2.05, 4.69) is 0 Å². The molecule has 0 spiro atoms. The van der Waals surface area contributed by atoms with Crippen LogP contribution in [-0.4, -0.2) is 5.38 Å². The summed E-state index contributed by atoms with van der Waals surface area (Å²) in [6.45, 7) is 1.57. The molecule has 0 heterocycles. The molecule has 2 rings (SSSR count). The van der Waals surface area contributed by atoms with Crippen LogP contribution in [0, 0.1) is 18.6 Å². The maximum atomic E-state index is 13.6. The number of aryl methyl sites for hydroxylation is 1. The van der Waals surface area contributed by atoms with Crippen molar-refractivity contribution in [1.29, 1.82) is 0 Å². The molecule has 0 N–H and O–H groups in total. The average molecular weight is 231 g/mol. The highest BCUT2D eigenvalue weighted by Crippen LogP contribution is 2.38. The van der Waals surface area contributed by atoms with Crippen molar-refractivity contribution in [3.05, 3.63) is 34.9 Å². The van der Waals surface area contributed by atoms with Crippen molar-refractivity contribution in [2.45, 2.75) is 37.5 Å². The molecule has 0 bridgehead atoms. The second-order valence-corrected chi connectivity index (χ2v) is 4.82. The number of alkyl halides is 1. The Morgan fingerprint density at radius 3 is 2.53 bits per heavy atom. The molecule has 0 aliphatic heterocycles. The molecule has 1 aromatic carbocycles. The molecule has 2 unspecified atom stereocenters. The number of benzene rings is 1. The molecule has 0 saturated heterocycles. The Kier molecular flexibility index (Phi) is 2.96. The largest absolute Gasteiger partial charge is 0.203 e. The van der Waals surface area contributed by atoms with Gasteiger partial charge in [-0.2, -0.15) is 0 Å². The lowest BCUT2D eigenvalue weighted by atomic mass is 9.96. The summed E-state index contributed by atoms with van der Waals surface area (Å²) in [6.07, 6.45) is 2.50. The summed E-state index contributed by atoms with van der Waals surface area (Å²) in [6, 6.07) is 3.32. The van der Waals surface area contributed by atoms with Crippen molar-refractivity contribution in [3.63, 3.8) is 0 Å². The van der Waals surface area contributed by atoms with Gasteiger partial charge in [0.25, 0.3) is 0 Å². The number of hydrogen-bond donors (Lipinski definition) is 0. The third-order valence-electron chi connectivity index (χ3n) is 3.11. The first-order valence-corrected chi connectivity index (χ1v) is 5.61. The Balaban J connectivity index is 2.33. The zero-order chi connectivity index (χ0) is 11.0. The van der Waals surface area contributed by atoms with Crippen LogP contribution in [0.1, 0.15) is 36.3 Å². The molecule has 1 saturated carbocycles. The standard InChI is InChI=1S/C12H13ClF2/c1-7-2-5-10(12(15)11(7)14)8-3-4-9(13)6-8/h2,5,8-9H,3-4,6H2,1H3.